The second-order valence-electron chi connectivity index (χ2n) is 4.23. The van der Waals surface area contributed by atoms with E-state index in [0.717, 1.165) is 0 Å². The van der Waals surface area contributed by atoms with Crippen LogP contribution < -0.4 is 4.72 Å². The Kier molecular flexibility index (Phi) is 4.17. The van der Waals surface area contributed by atoms with Crippen molar-refractivity contribution in [2.75, 3.05) is 6.61 Å². The molecule has 1 heterocycles. The average molecular weight is 299 g/mol. The van der Waals surface area contributed by atoms with Gasteiger partial charge in [0.15, 0.2) is 0 Å². The minimum atomic E-state index is -3.88. The highest BCUT2D eigenvalue weighted by molar-refractivity contribution is 7.89. The standard InChI is InChI=1S/C12H14FN3O3S/c1-16-7-9(6-14-16)20(18,19)15-12(8-17)10-4-2-3-5-11(10)13/h2-7,12,15,17H,8H2,1H3. The minimum absolute atomic E-state index is 0.0465. The molecular formula is C12H14FN3O3S. The van der Waals surface area contributed by atoms with Crippen LogP contribution in [-0.2, 0) is 17.1 Å². The summed E-state index contributed by atoms with van der Waals surface area (Å²) in [6, 6.07) is 4.63. The fraction of sp³-hybridized carbons (Fsp3) is 0.250. The molecule has 0 amide bonds. The molecule has 1 unspecified atom stereocenters. The predicted octanol–water partition coefficient (Wildman–Crippen LogP) is 0.571. The van der Waals surface area contributed by atoms with Crippen molar-refractivity contribution < 1.29 is 17.9 Å². The van der Waals surface area contributed by atoms with E-state index in [4.69, 9.17) is 0 Å². The molecule has 0 aliphatic rings. The number of hydrogen-bond donors (Lipinski definition) is 2. The molecule has 0 spiro atoms. The number of rotatable bonds is 5. The summed E-state index contributed by atoms with van der Waals surface area (Å²) in [6.45, 7) is -0.555. The molecule has 20 heavy (non-hydrogen) atoms. The van der Waals surface area contributed by atoms with Gasteiger partial charge in [0.2, 0.25) is 10.0 Å². The third-order valence-corrected chi connectivity index (χ3v) is 4.18. The van der Waals surface area contributed by atoms with Gasteiger partial charge in [-0.3, -0.25) is 4.68 Å². The number of aryl methyl sites for hydroxylation is 1. The maximum absolute atomic E-state index is 13.6. The topological polar surface area (TPSA) is 84.2 Å². The molecule has 8 heteroatoms. The second-order valence-corrected chi connectivity index (χ2v) is 5.94. The molecule has 1 aromatic heterocycles. The maximum atomic E-state index is 13.6. The highest BCUT2D eigenvalue weighted by Gasteiger charge is 2.23. The number of aromatic nitrogens is 2. The van der Waals surface area contributed by atoms with Crippen LogP contribution in [0.15, 0.2) is 41.6 Å². The van der Waals surface area contributed by atoms with E-state index in [1.165, 1.54) is 35.3 Å². The highest BCUT2D eigenvalue weighted by atomic mass is 32.2. The van der Waals surface area contributed by atoms with Gasteiger partial charge in [0.05, 0.1) is 18.8 Å². The molecule has 0 bridgehead atoms. The van der Waals surface area contributed by atoms with E-state index in [1.54, 1.807) is 13.1 Å². The van der Waals surface area contributed by atoms with Crippen LogP contribution in [0.3, 0.4) is 0 Å². The van der Waals surface area contributed by atoms with Crippen LogP contribution in [0.25, 0.3) is 0 Å². The highest BCUT2D eigenvalue weighted by Crippen LogP contribution is 2.19. The van der Waals surface area contributed by atoms with Crippen LogP contribution >= 0.6 is 0 Å². The second kappa shape index (κ2) is 5.70. The summed E-state index contributed by atoms with van der Waals surface area (Å²) in [5.41, 5.74) is 0.0856. The van der Waals surface area contributed by atoms with Crippen molar-refractivity contribution in [1.82, 2.24) is 14.5 Å². The molecule has 0 aliphatic heterocycles. The molecule has 1 atom stereocenters. The van der Waals surface area contributed by atoms with Crippen molar-refractivity contribution >= 4 is 10.0 Å². The number of nitrogens with one attached hydrogen (secondary N) is 1. The number of sulfonamides is 1. The minimum Gasteiger partial charge on any atom is -0.394 e. The molecule has 108 valence electrons. The maximum Gasteiger partial charge on any atom is 0.244 e. The van der Waals surface area contributed by atoms with Crippen molar-refractivity contribution in [2.24, 2.45) is 7.05 Å². The molecule has 0 aliphatic carbocycles. The summed E-state index contributed by atoms with van der Waals surface area (Å²) in [4.78, 5) is -0.0465. The molecule has 6 nitrogen and oxygen atoms in total. The Bertz CT molecular complexity index is 699. The van der Waals surface area contributed by atoms with Gasteiger partial charge in [-0.2, -0.15) is 5.10 Å². The summed E-state index contributed by atoms with van der Waals surface area (Å²) in [5.74, 6) is -0.583. The number of aliphatic hydroxyl groups excluding tert-OH is 1. The lowest BCUT2D eigenvalue weighted by Crippen LogP contribution is -2.31. The van der Waals surface area contributed by atoms with Crippen molar-refractivity contribution in [1.29, 1.82) is 0 Å². The number of nitrogens with zero attached hydrogens (tertiary/aromatic N) is 2. The Morgan fingerprint density at radius 2 is 2.15 bits per heavy atom. The van der Waals surface area contributed by atoms with Crippen molar-refractivity contribution in [3.8, 4) is 0 Å². The molecule has 0 saturated heterocycles. The normalized spacial score (nSPS) is 13.3. The number of benzene rings is 1. The van der Waals surface area contributed by atoms with E-state index in [1.807, 2.05) is 0 Å². The zero-order chi connectivity index (χ0) is 14.8. The molecule has 0 radical (unpaired) electrons. The molecule has 0 saturated carbocycles. The van der Waals surface area contributed by atoms with Crippen LogP contribution in [0.2, 0.25) is 0 Å². The summed E-state index contributed by atoms with van der Waals surface area (Å²) < 4.78 is 41.4. The SMILES string of the molecule is Cn1cc(S(=O)(=O)NC(CO)c2ccccc2F)cn1. The Hall–Kier alpha value is -1.77. The van der Waals surface area contributed by atoms with Gasteiger partial charge in [-0.15, -0.1) is 0 Å². The monoisotopic (exact) mass is 299 g/mol. The first kappa shape index (κ1) is 14.6. The number of hydrogen-bond acceptors (Lipinski definition) is 4. The van der Waals surface area contributed by atoms with Crippen molar-refractivity contribution in [2.45, 2.75) is 10.9 Å². The quantitative estimate of drug-likeness (QED) is 0.845. The van der Waals surface area contributed by atoms with Gasteiger partial charge in [0.25, 0.3) is 0 Å². The summed E-state index contributed by atoms with van der Waals surface area (Å²) in [5, 5.41) is 13.1. The molecular weight excluding hydrogens is 285 g/mol. The van der Waals surface area contributed by atoms with Gasteiger partial charge in [-0.1, -0.05) is 18.2 Å². The third kappa shape index (κ3) is 3.03. The van der Waals surface area contributed by atoms with E-state index in [9.17, 15) is 17.9 Å². The number of halogens is 1. The van der Waals surface area contributed by atoms with E-state index < -0.39 is 28.5 Å². The molecule has 2 rings (SSSR count). The summed E-state index contributed by atoms with van der Waals surface area (Å²) in [7, 11) is -2.29. The molecule has 1 aromatic carbocycles. The third-order valence-electron chi connectivity index (χ3n) is 2.75. The Balaban J connectivity index is 2.29. The van der Waals surface area contributed by atoms with Gasteiger partial charge >= 0.3 is 0 Å². The van der Waals surface area contributed by atoms with E-state index >= 15 is 0 Å². The smallest absolute Gasteiger partial charge is 0.244 e. The predicted molar refractivity (Wildman–Crippen MR) is 69.8 cm³/mol. The largest absolute Gasteiger partial charge is 0.394 e. The first-order chi connectivity index (χ1) is 9.44. The molecule has 2 N–H and O–H groups in total. The fourth-order valence-corrected chi connectivity index (χ4v) is 2.94. The van der Waals surface area contributed by atoms with Crippen LogP contribution in [0.4, 0.5) is 4.39 Å². The summed E-state index contributed by atoms with van der Waals surface area (Å²) in [6.07, 6.45) is 2.50. The van der Waals surface area contributed by atoms with Crippen LogP contribution in [-0.4, -0.2) is 29.9 Å². The van der Waals surface area contributed by atoms with Gasteiger partial charge in [-0.25, -0.2) is 17.5 Å². The first-order valence-corrected chi connectivity index (χ1v) is 7.28. The van der Waals surface area contributed by atoms with E-state index in [-0.39, 0.29) is 10.5 Å². The van der Waals surface area contributed by atoms with Crippen molar-refractivity contribution in [3.05, 3.63) is 48.0 Å². The lowest BCUT2D eigenvalue weighted by Gasteiger charge is -2.16. The molecule has 0 fully saturated rings. The van der Waals surface area contributed by atoms with Crippen LogP contribution in [0, 0.1) is 5.82 Å². The molecule has 2 aromatic rings. The zero-order valence-electron chi connectivity index (χ0n) is 10.7. The van der Waals surface area contributed by atoms with Crippen molar-refractivity contribution in [3.63, 3.8) is 0 Å². The Morgan fingerprint density at radius 1 is 1.45 bits per heavy atom. The average Bonchev–Trinajstić information content (AvgIpc) is 2.84. The Labute approximate surface area is 115 Å². The fourth-order valence-electron chi connectivity index (χ4n) is 1.75. The summed E-state index contributed by atoms with van der Waals surface area (Å²) >= 11 is 0. The van der Waals surface area contributed by atoms with Gasteiger partial charge in [-0.05, 0) is 6.07 Å². The van der Waals surface area contributed by atoms with Gasteiger partial charge in [0.1, 0.15) is 10.7 Å². The van der Waals surface area contributed by atoms with Gasteiger partial charge < -0.3 is 5.11 Å². The van der Waals surface area contributed by atoms with Crippen LogP contribution in [0.1, 0.15) is 11.6 Å². The van der Waals surface area contributed by atoms with Gasteiger partial charge in [0, 0.05) is 18.8 Å². The lowest BCUT2D eigenvalue weighted by atomic mass is 10.1. The van der Waals surface area contributed by atoms with Crippen LogP contribution in [0.5, 0.6) is 0 Å². The Morgan fingerprint density at radius 3 is 2.70 bits per heavy atom. The zero-order valence-corrected chi connectivity index (χ0v) is 11.5. The first-order valence-electron chi connectivity index (χ1n) is 5.80. The van der Waals surface area contributed by atoms with E-state index in [0.29, 0.717) is 0 Å². The van der Waals surface area contributed by atoms with E-state index in [2.05, 4.69) is 9.82 Å². The number of aliphatic hydroxyl groups is 1. The lowest BCUT2D eigenvalue weighted by molar-refractivity contribution is 0.256.